The molecule has 1 aromatic carbocycles. The lowest BCUT2D eigenvalue weighted by molar-refractivity contribution is 0.0992. The minimum atomic E-state index is 0.200. The van der Waals surface area contributed by atoms with Crippen LogP contribution in [0, 0.1) is 13.8 Å². The summed E-state index contributed by atoms with van der Waals surface area (Å²) in [5.41, 5.74) is 4.43. The van der Waals surface area contributed by atoms with Gasteiger partial charge in [0, 0.05) is 30.2 Å². The molecule has 0 unspecified atom stereocenters. The van der Waals surface area contributed by atoms with Crippen LogP contribution in [0.5, 0.6) is 0 Å². The topological polar surface area (TPSA) is 34.0 Å². The molecule has 0 saturated heterocycles. The molecule has 0 aliphatic heterocycles. The van der Waals surface area contributed by atoms with Crippen LogP contribution in [0.2, 0.25) is 0 Å². The predicted molar refractivity (Wildman–Crippen MR) is 77.7 cm³/mol. The maximum atomic E-state index is 12.4. The molecular formula is C16H20N2O. The monoisotopic (exact) mass is 256 g/mol. The van der Waals surface area contributed by atoms with Crippen LogP contribution < -0.4 is 5.32 Å². The first kappa shape index (κ1) is 12.4. The van der Waals surface area contributed by atoms with Gasteiger partial charge in [0.05, 0.1) is 12.1 Å². The maximum absolute atomic E-state index is 12.4. The van der Waals surface area contributed by atoms with Gasteiger partial charge >= 0.3 is 0 Å². The van der Waals surface area contributed by atoms with E-state index >= 15 is 0 Å². The number of carbonyl (C=O) groups excluding carboxylic acids is 1. The number of fused-ring (bicyclic) bond motifs is 1. The highest BCUT2D eigenvalue weighted by molar-refractivity contribution is 6.10. The normalized spacial score (nSPS) is 15.1. The van der Waals surface area contributed by atoms with Crippen molar-refractivity contribution in [1.82, 2.24) is 9.88 Å². The number of rotatable bonds is 4. The molecule has 0 bridgehead atoms. The van der Waals surface area contributed by atoms with E-state index in [0.717, 1.165) is 10.9 Å². The highest BCUT2D eigenvalue weighted by Crippen LogP contribution is 2.27. The van der Waals surface area contributed by atoms with E-state index in [9.17, 15) is 4.79 Å². The number of benzene rings is 1. The van der Waals surface area contributed by atoms with Gasteiger partial charge in [0.1, 0.15) is 0 Å². The van der Waals surface area contributed by atoms with Gasteiger partial charge in [-0.3, -0.25) is 4.79 Å². The fourth-order valence-corrected chi connectivity index (χ4v) is 2.74. The van der Waals surface area contributed by atoms with Crippen LogP contribution in [0.1, 0.15) is 34.3 Å². The van der Waals surface area contributed by atoms with Gasteiger partial charge in [-0.25, -0.2) is 0 Å². The molecule has 1 aliphatic rings. The van der Waals surface area contributed by atoms with E-state index < -0.39 is 0 Å². The minimum Gasteiger partial charge on any atom is -0.350 e. The smallest absolute Gasteiger partial charge is 0.178 e. The molecule has 3 nitrogen and oxygen atoms in total. The summed E-state index contributed by atoms with van der Waals surface area (Å²) in [7, 11) is 2.01. The quantitative estimate of drug-likeness (QED) is 0.853. The highest BCUT2D eigenvalue weighted by atomic mass is 16.1. The molecule has 1 N–H and O–H groups in total. The fourth-order valence-electron chi connectivity index (χ4n) is 2.74. The molecule has 3 rings (SSSR count). The second kappa shape index (κ2) is 4.49. The van der Waals surface area contributed by atoms with Crippen molar-refractivity contribution in [1.29, 1.82) is 0 Å². The Kier molecular flexibility index (Phi) is 2.94. The number of ketones is 1. The number of nitrogens with zero attached hydrogens (tertiary/aromatic N) is 1. The second-order valence-electron chi connectivity index (χ2n) is 5.65. The van der Waals surface area contributed by atoms with Gasteiger partial charge in [-0.1, -0.05) is 12.1 Å². The lowest BCUT2D eigenvalue weighted by Crippen LogP contribution is -2.24. The van der Waals surface area contributed by atoms with Crippen molar-refractivity contribution >= 4 is 16.7 Å². The molecular weight excluding hydrogens is 236 g/mol. The molecule has 1 heterocycles. The van der Waals surface area contributed by atoms with Gasteiger partial charge in [0.25, 0.3) is 0 Å². The summed E-state index contributed by atoms with van der Waals surface area (Å²) in [5.74, 6) is 0.200. The number of Topliss-reactive ketones (excluding diaryl/α,β-unsaturated/α-hetero) is 1. The summed E-state index contributed by atoms with van der Waals surface area (Å²) in [6.45, 7) is 4.63. The maximum Gasteiger partial charge on any atom is 0.178 e. The van der Waals surface area contributed by atoms with Gasteiger partial charge in [0.2, 0.25) is 0 Å². The molecule has 19 heavy (non-hydrogen) atoms. The third-order valence-corrected chi connectivity index (χ3v) is 3.96. The van der Waals surface area contributed by atoms with Gasteiger partial charge in [-0.2, -0.15) is 0 Å². The second-order valence-corrected chi connectivity index (χ2v) is 5.65. The van der Waals surface area contributed by atoms with Gasteiger partial charge in [0.15, 0.2) is 5.78 Å². The zero-order valence-corrected chi connectivity index (χ0v) is 11.8. The molecule has 3 heteroatoms. The Morgan fingerprint density at radius 2 is 2.00 bits per heavy atom. The Morgan fingerprint density at radius 3 is 2.68 bits per heavy atom. The molecule has 0 radical (unpaired) electrons. The molecule has 2 aromatic rings. The van der Waals surface area contributed by atoms with E-state index in [-0.39, 0.29) is 5.78 Å². The number of nitrogens with one attached hydrogen (secondary N) is 1. The van der Waals surface area contributed by atoms with E-state index in [2.05, 4.69) is 35.9 Å². The zero-order valence-electron chi connectivity index (χ0n) is 11.8. The van der Waals surface area contributed by atoms with Crippen LogP contribution in [-0.4, -0.2) is 22.9 Å². The lowest BCUT2D eigenvalue weighted by atomic mass is 10.0. The van der Waals surface area contributed by atoms with Crippen LogP contribution in [-0.2, 0) is 7.05 Å². The number of hydrogen-bond acceptors (Lipinski definition) is 2. The van der Waals surface area contributed by atoms with Crippen molar-refractivity contribution in [2.45, 2.75) is 32.7 Å². The van der Waals surface area contributed by atoms with Gasteiger partial charge in [-0.15, -0.1) is 0 Å². The summed E-state index contributed by atoms with van der Waals surface area (Å²) in [6, 6.07) is 4.79. The van der Waals surface area contributed by atoms with Crippen LogP contribution >= 0.6 is 0 Å². The fraction of sp³-hybridized carbons (Fsp3) is 0.438. The van der Waals surface area contributed by atoms with Crippen LogP contribution in [0.4, 0.5) is 0 Å². The van der Waals surface area contributed by atoms with Crippen LogP contribution in [0.15, 0.2) is 18.3 Å². The largest absolute Gasteiger partial charge is 0.350 e. The van der Waals surface area contributed by atoms with Crippen LogP contribution in [0.3, 0.4) is 0 Å². The number of aromatic nitrogens is 1. The molecule has 1 aromatic heterocycles. The third kappa shape index (κ3) is 2.19. The Morgan fingerprint density at radius 1 is 1.32 bits per heavy atom. The van der Waals surface area contributed by atoms with Crippen molar-refractivity contribution in [2.75, 3.05) is 6.54 Å². The lowest BCUT2D eigenvalue weighted by Gasteiger charge is -2.05. The molecule has 0 spiro atoms. The first-order valence-corrected chi connectivity index (χ1v) is 6.89. The minimum absolute atomic E-state index is 0.200. The SMILES string of the molecule is Cc1ccc(C)c2c1c(C(=O)CNC1CC1)cn2C. The van der Waals surface area contributed by atoms with Crippen molar-refractivity contribution in [3.05, 3.63) is 35.0 Å². The standard InChI is InChI=1S/C16H20N2O/c1-10-4-5-11(2)16-15(10)13(9-18(16)3)14(19)8-17-12-6-7-12/h4-5,9,12,17H,6-8H2,1-3H3. The van der Waals surface area contributed by atoms with Crippen molar-refractivity contribution in [3.63, 3.8) is 0 Å². The molecule has 0 atom stereocenters. The summed E-state index contributed by atoms with van der Waals surface area (Å²) in [6.07, 6.45) is 4.39. The first-order chi connectivity index (χ1) is 9.08. The Hall–Kier alpha value is -1.61. The van der Waals surface area contributed by atoms with E-state index in [1.165, 1.54) is 29.5 Å². The van der Waals surface area contributed by atoms with E-state index in [1.54, 1.807) is 0 Å². The summed E-state index contributed by atoms with van der Waals surface area (Å²) < 4.78 is 2.07. The molecule has 1 aliphatic carbocycles. The molecule has 0 amide bonds. The Labute approximate surface area is 113 Å². The third-order valence-electron chi connectivity index (χ3n) is 3.96. The molecule has 1 saturated carbocycles. The van der Waals surface area contributed by atoms with Crippen LogP contribution in [0.25, 0.3) is 10.9 Å². The van der Waals surface area contributed by atoms with E-state index in [0.29, 0.717) is 12.6 Å². The molecule has 1 fully saturated rings. The predicted octanol–water partition coefficient (Wildman–Crippen LogP) is 2.73. The average Bonchev–Trinajstić information content (AvgIpc) is 3.14. The van der Waals surface area contributed by atoms with E-state index in [1.807, 2.05) is 13.2 Å². The Balaban J connectivity index is 2.02. The molecule has 100 valence electrons. The summed E-state index contributed by atoms with van der Waals surface area (Å²) >= 11 is 0. The summed E-state index contributed by atoms with van der Waals surface area (Å²) in [5, 5.41) is 4.42. The van der Waals surface area contributed by atoms with E-state index in [4.69, 9.17) is 0 Å². The van der Waals surface area contributed by atoms with Gasteiger partial charge < -0.3 is 9.88 Å². The number of aryl methyl sites for hydroxylation is 3. The Bertz CT molecular complexity index is 650. The number of carbonyl (C=O) groups is 1. The van der Waals surface area contributed by atoms with Crippen molar-refractivity contribution in [3.8, 4) is 0 Å². The van der Waals surface area contributed by atoms with Gasteiger partial charge in [-0.05, 0) is 37.8 Å². The van der Waals surface area contributed by atoms with Crippen molar-refractivity contribution in [2.24, 2.45) is 7.05 Å². The summed E-state index contributed by atoms with van der Waals surface area (Å²) in [4.78, 5) is 12.4. The average molecular weight is 256 g/mol. The van der Waals surface area contributed by atoms with Crippen molar-refractivity contribution < 1.29 is 4.79 Å². The highest BCUT2D eigenvalue weighted by Gasteiger charge is 2.23. The first-order valence-electron chi connectivity index (χ1n) is 6.89. The zero-order chi connectivity index (χ0) is 13.6. The number of hydrogen-bond donors (Lipinski definition) is 1.